The van der Waals surface area contributed by atoms with Gasteiger partial charge < -0.3 is 5.11 Å². The molecule has 0 spiro atoms. The van der Waals surface area contributed by atoms with Crippen LogP contribution in [0.15, 0.2) is 41.8 Å². The molecule has 18 heavy (non-hydrogen) atoms. The smallest absolute Gasteiger partial charge is 0.159 e. The first-order valence-electron chi connectivity index (χ1n) is 5.38. The molecule has 0 saturated carbocycles. The third-order valence-corrected chi connectivity index (χ3v) is 3.41. The number of Topliss-reactive ketones (excluding diaryl/α,β-unsaturated/α-hetero) is 1. The lowest BCUT2D eigenvalue weighted by atomic mass is 10.1. The predicted molar refractivity (Wildman–Crippen MR) is 69.7 cm³/mol. The maximum atomic E-state index is 11.3. The first-order chi connectivity index (χ1) is 8.66. The lowest BCUT2D eigenvalue weighted by molar-refractivity contribution is 0.101. The highest BCUT2D eigenvalue weighted by Crippen LogP contribution is 2.26. The van der Waals surface area contributed by atoms with Crippen LogP contribution in [0.3, 0.4) is 0 Å². The molecule has 0 atom stereocenters. The summed E-state index contributed by atoms with van der Waals surface area (Å²) in [5.41, 5.74) is 1.33. The summed E-state index contributed by atoms with van der Waals surface area (Å²) < 4.78 is 0. The summed E-state index contributed by atoms with van der Waals surface area (Å²) in [6, 6.07) is 6.69. The maximum absolute atomic E-state index is 11.3. The molecule has 2 aromatic rings. The van der Waals surface area contributed by atoms with E-state index in [0.717, 1.165) is 10.6 Å². The van der Waals surface area contributed by atoms with Crippen LogP contribution in [0, 0.1) is 0 Å². The van der Waals surface area contributed by atoms with Crippen LogP contribution >= 0.6 is 11.8 Å². The van der Waals surface area contributed by atoms with Gasteiger partial charge >= 0.3 is 0 Å². The van der Waals surface area contributed by atoms with Crippen LogP contribution in [0.4, 0.5) is 0 Å². The van der Waals surface area contributed by atoms with Gasteiger partial charge in [0.15, 0.2) is 5.78 Å². The Morgan fingerprint density at radius 3 is 2.89 bits per heavy atom. The fourth-order valence-corrected chi connectivity index (χ4v) is 2.25. The van der Waals surface area contributed by atoms with Crippen LogP contribution in [0.2, 0.25) is 0 Å². The van der Waals surface area contributed by atoms with Crippen LogP contribution in [-0.2, 0) is 5.75 Å². The van der Waals surface area contributed by atoms with E-state index in [0.29, 0.717) is 11.3 Å². The number of hydrogen-bond acceptors (Lipinski definition) is 5. The van der Waals surface area contributed by atoms with Gasteiger partial charge in [-0.15, -0.1) is 11.8 Å². The van der Waals surface area contributed by atoms with Crippen LogP contribution in [0.25, 0.3) is 0 Å². The van der Waals surface area contributed by atoms with Crippen molar-refractivity contribution >= 4 is 17.5 Å². The molecule has 1 aromatic heterocycles. The van der Waals surface area contributed by atoms with E-state index in [4.69, 9.17) is 0 Å². The number of phenols is 1. The zero-order valence-corrected chi connectivity index (χ0v) is 10.6. The first-order valence-corrected chi connectivity index (χ1v) is 6.37. The van der Waals surface area contributed by atoms with Gasteiger partial charge in [0, 0.05) is 23.1 Å². The summed E-state index contributed by atoms with van der Waals surface area (Å²) in [5.74, 6) is 0.745. The molecule has 0 aliphatic rings. The minimum atomic E-state index is -0.0108. The number of thioether (sulfide) groups is 1. The summed E-state index contributed by atoms with van der Waals surface area (Å²) in [5, 5.41) is 10.6. The third kappa shape index (κ3) is 3.07. The maximum Gasteiger partial charge on any atom is 0.159 e. The van der Waals surface area contributed by atoms with Crippen molar-refractivity contribution in [3.05, 3.63) is 47.9 Å². The Morgan fingerprint density at radius 2 is 2.22 bits per heavy atom. The Balaban J connectivity index is 2.14. The van der Waals surface area contributed by atoms with Crippen LogP contribution in [0.5, 0.6) is 5.75 Å². The molecule has 0 aliphatic carbocycles. The second-order valence-electron chi connectivity index (χ2n) is 3.74. The van der Waals surface area contributed by atoms with Crippen molar-refractivity contribution in [1.29, 1.82) is 0 Å². The third-order valence-electron chi connectivity index (χ3n) is 2.42. The minimum Gasteiger partial charge on any atom is -0.508 e. The second kappa shape index (κ2) is 5.64. The van der Waals surface area contributed by atoms with Gasteiger partial charge in [-0.3, -0.25) is 4.79 Å². The van der Waals surface area contributed by atoms with Gasteiger partial charge in [0.2, 0.25) is 0 Å². The van der Waals surface area contributed by atoms with E-state index in [9.17, 15) is 9.90 Å². The lowest BCUT2D eigenvalue weighted by Gasteiger charge is -2.05. The number of benzene rings is 1. The van der Waals surface area contributed by atoms with Crippen molar-refractivity contribution < 1.29 is 9.90 Å². The van der Waals surface area contributed by atoms with E-state index in [1.807, 2.05) is 0 Å². The van der Waals surface area contributed by atoms with Gasteiger partial charge in [-0.1, -0.05) is 0 Å². The topological polar surface area (TPSA) is 63.1 Å². The molecule has 5 heteroatoms. The molecule has 0 aliphatic heterocycles. The van der Waals surface area contributed by atoms with Crippen molar-refractivity contribution in [2.75, 3.05) is 0 Å². The number of hydrogen-bond donors (Lipinski definition) is 1. The molecule has 92 valence electrons. The molecule has 1 heterocycles. The molecule has 2 rings (SSSR count). The van der Waals surface area contributed by atoms with Crippen molar-refractivity contribution in [3.63, 3.8) is 0 Å². The minimum absolute atomic E-state index is 0.0108. The van der Waals surface area contributed by atoms with E-state index in [-0.39, 0.29) is 11.5 Å². The molecule has 1 aromatic carbocycles. The monoisotopic (exact) mass is 260 g/mol. The van der Waals surface area contributed by atoms with Gasteiger partial charge in [0.1, 0.15) is 12.1 Å². The predicted octanol–water partition coefficient (Wildman–Crippen LogP) is 2.68. The van der Waals surface area contributed by atoms with E-state index >= 15 is 0 Å². The number of carbonyl (C=O) groups excluding carboxylic acids is 1. The highest BCUT2D eigenvalue weighted by molar-refractivity contribution is 7.98. The molecular formula is C13H12N2O2S. The standard InChI is InChI=1S/C13H12N2O2S/c1-9(16)10-2-3-12(17)11(6-10)7-18-13-4-5-14-8-15-13/h2-6,8,17H,7H2,1H3. The zero-order chi connectivity index (χ0) is 13.0. The number of carbonyl (C=O) groups is 1. The number of phenolic OH excluding ortho intramolecular Hbond substituents is 1. The van der Waals surface area contributed by atoms with Crippen molar-refractivity contribution in [2.45, 2.75) is 17.7 Å². The van der Waals surface area contributed by atoms with Crippen LogP contribution < -0.4 is 0 Å². The summed E-state index contributed by atoms with van der Waals surface area (Å²) in [7, 11) is 0. The van der Waals surface area contributed by atoms with E-state index in [1.165, 1.54) is 25.0 Å². The van der Waals surface area contributed by atoms with Gasteiger partial charge in [-0.05, 0) is 31.2 Å². The quantitative estimate of drug-likeness (QED) is 0.520. The molecule has 4 nitrogen and oxygen atoms in total. The number of ketones is 1. The number of rotatable bonds is 4. The molecule has 0 bridgehead atoms. The van der Waals surface area contributed by atoms with E-state index < -0.39 is 0 Å². The summed E-state index contributed by atoms with van der Waals surface area (Å²) >= 11 is 1.49. The van der Waals surface area contributed by atoms with Crippen molar-refractivity contribution in [2.24, 2.45) is 0 Å². The molecule has 1 N–H and O–H groups in total. The average molecular weight is 260 g/mol. The van der Waals surface area contributed by atoms with Gasteiger partial charge in [0.25, 0.3) is 0 Å². The fraction of sp³-hybridized carbons (Fsp3) is 0.154. The zero-order valence-electron chi connectivity index (χ0n) is 9.83. The summed E-state index contributed by atoms with van der Waals surface area (Å²) in [6.07, 6.45) is 3.15. The number of aromatic nitrogens is 2. The first kappa shape index (κ1) is 12.6. The Hall–Kier alpha value is -1.88. The number of nitrogens with zero attached hydrogens (tertiary/aromatic N) is 2. The molecule has 0 fully saturated rings. The largest absolute Gasteiger partial charge is 0.508 e. The highest BCUT2D eigenvalue weighted by Gasteiger charge is 2.06. The second-order valence-corrected chi connectivity index (χ2v) is 4.73. The molecule has 0 unspecified atom stereocenters. The molecule has 0 saturated heterocycles. The lowest BCUT2D eigenvalue weighted by Crippen LogP contribution is -1.94. The van der Waals surface area contributed by atoms with Crippen LogP contribution in [0.1, 0.15) is 22.8 Å². The van der Waals surface area contributed by atoms with Crippen molar-refractivity contribution in [1.82, 2.24) is 9.97 Å². The van der Waals surface area contributed by atoms with Gasteiger partial charge in [-0.2, -0.15) is 0 Å². The molecular weight excluding hydrogens is 248 g/mol. The molecule has 0 amide bonds. The Labute approximate surface area is 109 Å². The highest BCUT2D eigenvalue weighted by atomic mass is 32.2. The Kier molecular flexibility index (Phi) is 3.94. The normalized spacial score (nSPS) is 10.3. The summed E-state index contributed by atoms with van der Waals surface area (Å²) in [6.45, 7) is 1.51. The van der Waals surface area contributed by atoms with Crippen LogP contribution in [-0.4, -0.2) is 20.9 Å². The van der Waals surface area contributed by atoms with E-state index in [2.05, 4.69) is 9.97 Å². The van der Waals surface area contributed by atoms with Gasteiger partial charge in [0.05, 0.1) is 5.03 Å². The Bertz CT molecular complexity index is 558. The fourth-order valence-electron chi connectivity index (χ4n) is 1.44. The Morgan fingerprint density at radius 1 is 1.39 bits per heavy atom. The number of aromatic hydroxyl groups is 1. The molecule has 0 radical (unpaired) electrons. The van der Waals surface area contributed by atoms with Crippen molar-refractivity contribution in [3.8, 4) is 5.75 Å². The van der Waals surface area contributed by atoms with Gasteiger partial charge in [-0.25, -0.2) is 9.97 Å². The van der Waals surface area contributed by atoms with E-state index in [1.54, 1.807) is 30.5 Å². The SMILES string of the molecule is CC(=O)c1ccc(O)c(CSc2ccncn2)c1. The summed E-state index contributed by atoms with van der Waals surface area (Å²) in [4.78, 5) is 19.2. The average Bonchev–Trinajstić information content (AvgIpc) is 2.38.